The third kappa shape index (κ3) is 5.50. The third-order valence-electron chi connectivity index (χ3n) is 3.13. The maximum atomic E-state index is 10.00. The molecule has 0 radical (unpaired) electrons. The van der Waals surface area contributed by atoms with Crippen LogP contribution in [0.2, 0.25) is 0 Å². The van der Waals surface area contributed by atoms with Gasteiger partial charge in [-0.15, -0.1) is 23.7 Å². The summed E-state index contributed by atoms with van der Waals surface area (Å²) in [6.07, 6.45) is -0.572. The van der Waals surface area contributed by atoms with E-state index in [-0.39, 0.29) is 25.1 Å². The highest BCUT2D eigenvalue weighted by atomic mass is 35.5. The Labute approximate surface area is 141 Å². The highest BCUT2D eigenvalue weighted by Gasteiger charge is 2.11. The quantitative estimate of drug-likeness (QED) is 0.772. The summed E-state index contributed by atoms with van der Waals surface area (Å²) in [5, 5.41) is 15.3. The van der Waals surface area contributed by atoms with Crippen molar-refractivity contribution in [2.75, 3.05) is 20.3 Å². The Kier molecular flexibility index (Phi) is 8.27. The Morgan fingerprint density at radius 2 is 1.91 bits per heavy atom. The molecule has 0 bridgehead atoms. The molecule has 22 heavy (non-hydrogen) atoms. The van der Waals surface area contributed by atoms with Crippen molar-refractivity contribution < 1.29 is 14.6 Å². The number of aliphatic hydroxyl groups excluding tert-OH is 1. The average molecular weight is 344 g/mol. The summed E-state index contributed by atoms with van der Waals surface area (Å²) in [7, 11) is 1.60. The predicted octanol–water partition coefficient (Wildman–Crippen LogP) is 3.27. The molecule has 2 atom stereocenters. The van der Waals surface area contributed by atoms with Crippen LogP contribution in [-0.4, -0.2) is 31.5 Å². The summed E-state index contributed by atoms with van der Waals surface area (Å²) in [5.41, 5.74) is 0. The smallest absolute Gasteiger partial charge is 0.161 e. The van der Waals surface area contributed by atoms with E-state index in [9.17, 15) is 5.11 Å². The van der Waals surface area contributed by atoms with E-state index in [4.69, 9.17) is 9.47 Å². The van der Waals surface area contributed by atoms with Gasteiger partial charge in [-0.05, 0) is 30.5 Å². The Morgan fingerprint density at radius 1 is 1.18 bits per heavy atom. The molecule has 1 aromatic carbocycles. The van der Waals surface area contributed by atoms with E-state index < -0.39 is 6.10 Å². The maximum Gasteiger partial charge on any atom is 0.161 e. The minimum atomic E-state index is -0.572. The second-order valence-corrected chi connectivity index (χ2v) is 5.74. The van der Waals surface area contributed by atoms with Gasteiger partial charge in [0.25, 0.3) is 0 Å². The molecule has 0 amide bonds. The zero-order valence-corrected chi connectivity index (χ0v) is 14.3. The molecule has 1 aromatic heterocycles. The topological polar surface area (TPSA) is 50.7 Å². The molecule has 0 aliphatic carbocycles. The number of aliphatic hydroxyl groups is 1. The first kappa shape index (κ1) is 18.8. The lowest BCUT2D eigenvalue weighted by Crippen LogP contribution is -2.32. The fourth-order valence-electron chi connectivity index (χ4n) is 1.93. The second-order valence-electron chi connectivity index (χ2n) is 4.76. The Bertz CT molecular complexity index is 536. The number of thiophene rings is 1. The monoisotopic (exact) mass is 343 g/mol. The first-order chi connectivity index (χ1) is 10.2. The number of benzene rings is 1. The second kappa shape index (κ2) is 9.69. The third-order valence-corrected chi connectivity index (χ3v) is 4.18. The molecule has 2 unspecified atom stereocenters. The van der Waals surface area contributed by atoms with Crippen LogP contribution in [0.3, 0.4) is 0 Å². The zero-order chi connectivity index (χ0) is 15.1. The molecular formula is C16H22ClNO3S. The normalized spacial score (nSPS) is 13.0. The molecule has 4 nitrogen and oxygen atoms in total. The van der Waals surface area contributed by atoms with Crippen LogP contribution < -0.4 is 14.8 Å². The standard InChI is InChI=1S/C16H21NO3S.ClH/c1-12(16-8-5-9-21-16)17-10-13(18)11-20-15-7-4-3-6-14(15)19-2;/h3-9,12-13,17-18H,10-11H2,1-2H3;1H. The summed E-state index contributed by atoms with van der Waals surface area (Å²) >= 11 is 1.71. The predicted molar refractivity (Wildman–Crippen MR) is 92.5 cm³/mol. The van der Waals surface area contributed by atoms with E-state index in [0.29, 0.717) is 18.0 Å². The molecule has 1 heterocycles. The van der Waals surface area contributed by atoms with Crippen molar-refractivity contribution >= 4 is 23.7 Å². The Balaban J connectivity index is 0.00000242. The van der Waals surface area contributed by atoms with Crippen LogP contribution in [0, 0.1) is 0 Å². The molecule has 0 aliphatic heterocycles. The van der Waals surface area contributed by atoms with Gasteiger partial charge in [-0.1, -0.05) is 18.2 Å². The average Bonchev–Trinajstić information content (AvgIpc) is 3.05. The highest BCUT2D eigenvalue weighted by Crippen LogP contribution is 2.25. The fraction of sp³-hybridized carbons (Fsp3) is 0.375. The van der Waals surface area contributed by atoms with Crippen LogP contribution in [0.25, 0.3) is 0 Å². The van der Waals surface area contributed by atoms with E-state index in [1.807, 2.05) is 30.3 Å². The van der Waals surface area contributed by atoms with E-state index in [1.54, 1.807) is 18.4 Å². The lowest BCUT2D eigenvalue weighted by molar-refractivity contribution is 0.102. The molecule has 0 fully saturated rings. The summed E-state index contributed by atoms with van der Waals surface area (Å²) in [5.74, 6) is 1.31. The van der Waals surface area contributed by atoms with Crippen LogP contribution >= 0.6 is 23.7 Å². The Hall–Kier alpha value is -1.27. The van der Waals surface area contributed by atoms with Crippen molar-refractivity contribution in [3.05, 3.63) is 46.7 Å². The number of para-hydroxylation sites is 2. The molecule has 0 aliphatic rings. The number of rotatable bonds is 8. The maximum absolute atomic E-state index is 10.00. The van der Waals surface area contributed by atoms with Gasteiger partial charge in [0, 0.05) is 17.5 Å². The first-order valence-corrected chi connectivity index (χ1v) is 7.79. The molecule has 2 rings (SSSR count). The molecule has 0 saturated heterocycles. The van der Waals surface area contributed by atoms with Gasteiger partial charge < -0.3 is 19.9 Å². The Morgan fingerprint density at radius 3 is 2.55 bits per heavy atom. The summed E-state index contributed by atoms with van der Waals surface area (Å²) in [6, 6.07) is 11.8. The van der Waals surface area contributed by atoms with Gasteiger partial charge in [0.05, 0.1) is 7.11 Å². The molecule has 2 aromatic rings. The van der Waals surface area contributed by atoms with Gasteiger partial charge in [0.1, 0.15) is 12.7 Å². The molecule has 2 N–H and O–H groups in total. The number of methoxy groups -OCH3 is 1. The highest BCUT2D eigenvalue weighted by molar-refractivity contribution is 7.10. The fourth-order valence-corrected chi connectivity index (χ4v) is 2.69. The molecule has 0 saturated carbocycles. The number of halogens is 1. The van der Waals surface area contributed by atoms with E-state index >= 15 is 0 Å². The van der Waals surface area contributed by atoms with Crippen LogP contribution in [0.4, 0.5) is 0 Å². The minimum Gasteiger partial charge on any atom is -0.493 e. The number of hydrogen-bond donors (Lipinski definition) is 2. The summed E-state index contributed by atoms with van der Waals surface area (Å²) in [6.45, 7) is 2.79. The SMILES string of the molecule is COc1ccccc1OCC(O)CNC(C)c1cccs1.Cl. The van der Waals surface area contributed by atoms with Crippen LogP contribution in [0.1, 0.15) is 17.8 Å². The molecular weight excluding hydrogens is 322 g/mol. The summed E-state index contributed by atoms with van der Waals surface area (Å²) in [4.78, 5) is 1.26. The first-order valence-electron chi connectivity index (χ1n) is 6.91. The van der Waals surface area contributed by atoms with E-state index in [0.717, 1.165) is 0 Å². The molecule has 0 spiro atoms. The van der Waals surface area contributed by atoms with Gasteiger partial charge in [-0.3, -0.25) is 0 Å². The largest absolute Gasteiger partial charge is 0.493 e. The van der Waals surface area contributed by atoms with Gasteiger partial charge in [-0.2, -0.15) is 0 Å². The van der Waals surface area contributed by atoms with Crippen molar-refractivity contribution in [1.82, 2.24) is 5.32 Å². The van der Waals surface area contributed by atoms with Crippen molar-refractivity contribution in [3.63, 3.8) is 0 Å². The van der Waals surface area contributed by atoms with E-state index in [2.05, 4.69) is 23.7 Å². The molecule has 6 heteroatoms. The lowest BCUT2D eigenvalue weighted by atomic mass is 10.2. The van der Waals surface area contributed by atoms with Crippen LogP contribution in [-0.2, 0) is 0 Å². The summed E-state index contributed by atoms with van der Waals surface area (Å²) < 4.78 is 10.8. The molecule has 122 valence electrons. The number of nitrogens with one attached hydrogen (secondary N) is 1. The van der Waals surface area contributed by atoms with Gasteiger partial charge >= 0.3 is 0 Å². The van der Waals surface area contributed by atoms with Gasteiger partial charge in [-0.25, -0.2) is 0 Å². The van der Waals surface area contributed by atoms with Crippen molar-refractivity contribution in [1.29, 1.82) is 0 Å². The van der Waals surface area contributed by atoms with Crippen LogP contribution in [0.5, 0.6) is 11.5 Å². The van der Waals surface area contributed by atoms with Crippen molar-refractivity contribution in [3.8, 4) is 11.5 Å². The zero-order valence-electron chi connectivity index (χ0n) is 12.7. The number of hydrogen-bond acceptors (Lipinski definition) is 5. The van der Waals surface area contributed by atoms with Crippen molar-refractivity contribution in [2.24, 2.45) is 0 Å². The lowest BCUT2D eigenvalue weighted by Gasteiger charge is -2.17. The van der Waals surface area contributed by atoms with Gasteiger partial charge in [0.15, 0.2) is 11.5 Å². The van der Waals surface area contributed by atoms with Crippen molar-refractivity contribution in [2.45, 2.75) is 19.1 Å². The van der Waals surface area contributed by atoms with Gasteiger partial charge in [0.2, 0.25) is 0 Å². The van der Waals surface area contributed by atoms with E-state index in [1.165, 1.54) is 4.88 Å². The minimum absolute atomic E-state index is 0. The number of ether oxygens (including phenoxy) is 2. The van der Waals surface area contributed by atoms with Crippen LogP contribution in [0.15, 0.2) is 41.8 Å².